The average Bonchev–Trinajstić information content (AvgIpc) is 2.88. The molecule has 2 fully saturated rings. The predicted molar refractivity (Wildman–Crippen MR) is 125 cm³/mol. The molecule has 2 aliphatic rings. The van der Waals surface area contributed by atoms with Crippen LogP contribution in [0.25, 0.3) is 11.4 Å². The average molecular weight is 488 g/mol. The minimum absolute atomic E-state index is 0.0650. The number of piperidine rings is 1. The highest BCUT2D eigenvalue weighted by Crippen LogP contribution is 2.35. The van der Waals surface area contributed by atoms with Gasteiger partial charge in [0.05, 0.1) is 5.56 Å². The van der Waals surface area contributed by atoms with Crippen LogP contribution in [0.1, 0.15) is 24.8 Å². The summed E-state index contributed by atoms with van der Waals surface area (Å²) in [4.78, 5) is 23.6. The number of aromatic nitrogens is 4. The number of hydrogen-bond acceptors (Lipinski definition) is 7. The predicted octanol–water partition coefficient (Wildman–Crippen LogP) is 4.41. The van der Waals surface area contributed by atoms with Gasteiger partial charge in [0.15, 0.2) is 5.82 Å². The fourth-order valence-electron chi connectivity index (χ4n) is 4.48. The van der Waals surface area contributed by atoms with Crippen LogP contribution in [0.15, 0.2) is 42.6 Å². The minimum atomic E-state index is -4.47. The number of alkyl halides is 3. The molecule has 0 saturated carbocycles. The van der Waals surface area contributed by atoms with Gasteiger partial charge in [0.1, 0.15) is 11.6 Å². The van der Waals surface area contributed by atoms with E-state index in [9.17, 15) is 17.6 Å². The van der Waals surface area contributed by atoms with Gasteiger partial charge in [-0.15, -0.1) is 0 Å². The van der Waals surface area contributed by atoms with Gasteiger partial charge < -0.3 is 14.7 Å². The smallest absolute Gasteiger partial charge is 0.353 e. The highest BCUT2D eigenvalue weighted by Gasteiger charge is 2.36. The molecule has 0 aliphatic carbocycles. The van der Waals surface area contributed by atoms with Crippen LogP contribution in [0.5, 0.6) is 0 Å². The Morgan fingerprint density at radius 2 is 1.37 bits per heavy atom. The van der Waals surface area contributed by atoms with Crippen LogP contribution in [-0.4, -0.2) is 59.2 Å². The van der Waals surface area contributed by atoms with Crippen LogP contribution in [0.3, 0.4) is 0 Å². The van der Waals surface area contributed by atoms with E-state index in [1.807, 2.05) is 4.90 Å². The lowest BCUT2D eigenvalue weighted by molar-refractivity contribution is -0.137. The molecule has 0 amide bonds. The van der Waals surface area contributed by atoms with Crippen molar-refractivity contribution in [1.82, 2.24) is 19.9 Å². The van der Waals surface area contributed by atoms with E-state index in [1.165, 1.54) is 24.4 Å². The topological polar surface area (TPSA) is 61.3 Å². The Hall–Kier alpha value is -3.50. The van der Waals surface area contributed by atoms with Gasteiger partial charge in [-0.05, 0) is 43.5 Å². The van der Waals surface area contributed by atoms with Gasteiger partial charge in [0.25, 0.3) is 0 Å². The molecule has 5 rings (SSSR count). The van der Waals surface area contributed by atoms with Crippen molar-refractivity contribution in [3.8, 4) is 11.4 Å². The van der Waals surface area contributed by atoms with E-state index >= 15 is 0 Å². The number of piperazine rings is 1. The summed E-state index contributed by atoms with van der Waals surface area (Å²) in [6, 6.07) is 8.46. The first-order chi connectivity index (χ1) is 16.9. The summed E-state index contributed by atoms with van der Waals surface area (Å²) in [6.45, 7) is 3.17. The zero-order chi connectivity index (χ0) is 24.4. The molecule has 11 heteroatoms. The van der Waals surface area contributed by atoms with E-state index in [0.29, 0.717) is 49.5 Å². The maximum Gasteiger partial charge on any atom is 0.419 e. The summed E-state index contributed by atoms with van der Waals surface area (Å²) < 4.78 is 54.3. The van der Waals surface area contributed by atoms with Gasteiger partial charge in [0.2, 0.25) is 11.9 Å². The minimum Gasteiger partial charge on any atom is -0.353 e. The maximum atomic E-state index is 13.9. The van der Waals surface area contributed by atoms with Gasteiger partial charge in [-0.1, -0.05) is 12.1 Å². The molecule has 0 atom stereocenters. The van der Waals surface area contributed by atoms with E-state index in [4.69, 9.17) is 4.98 Å². The van der Waals surface area contributed by atoms with Crippen molar-refractivity contribution in [3.63, 3.8) is 0 Å². The van der Waals surface area contributed by atoms with E-state index in [1.54, 1.807) is 17.0 Å². The van der Waals surface area contributed by atoms with Crippen molar-refractivity contribution >= 4 is 17.7 Å². The molecule has 2 aliphatic heterocycles. The molecule has 4 heterocycles. The van der Waals surface area contributed by atoms with Gasteiger partial charge in [-0.3, -0.25) is 0 Å². The lowest BCUT2D eigenvalue weighted by Crippen LogP contribution is -2.48. The molecule has 0 N–H and O–H groups in total. The van der Waals surface area contributed by atoms with E-state index < -0.39 is 11.7 Å². The number of pyridine rings is 1. The Balaban J connectivity index is 1.42. The number of anilines is 3. The summed E-state index contributed by atoms with van der Waals surface area (Å²) in [5, 5.41) is 0. The highest BCUT2D eigenvalue weighted by molar-refractivity contribution is 5.59. The first-order valence-electron chi connectivity index (χ1n) is 11.7. The van der Waals surface area contributed by atoms with Crippen LogP contribution in [0, 0.1) is 5.82 Å². The van der Waals surface area contributed by atoms with Gasteiger partial charge in [-0.25, -0.2) is 9.37 Å². The fourth-order valence-corrected chi connectivity index (χ4v) is 4.48. The molecule has 1 aromatic carbocycles. The van der Waals surface area contributed by atoms with Crippen molar-refractivity contribution in [2.24, 2.45) is 0 Å². The van der Waals surface area contributed by atoms with Crippen LogP contribution >= 0.6 is 0 Å². The van der Waals surface area contributed by atoms with Gasteiger partial charge in [-0.2, -0.15) is 28.1 Å². The summed E-state index contributed by atoms with van der Waals surface area (Å²) >= 11 is 0. The number of halogens is 4. The fraction of sp³-hybridized carbons (Fsp3) is 0.417. The molecular formula is C24H25F4N7. The quantitative estimate of drug-likeness (QED) is 0.506. The van der Waals surface area contributed by atoms with E-state index in [-0.39, 0.29) is 11.6 Å². The zero-order valence-corrected chi connectivity index (χ0v) is 19.0. The highest BCUT2D eigenvalue weighted by atomic mass is 19.4. The van der Waals surface area contributed by atoms with Crippen LogP contribution in [-0.2, 0) is 6.18 Å². The maximum absolute atomic E-state index is 13.9. The number of rotatable bonds is 4. The molecule has 0 spiro atoms. The SMILES string of the molecule is Fc1cccc(-c2nc(N3CCCCC3)nc(N3CCN(c4ncccc4C(F)(F)F)CC3)n2)c1. The van der Waals surface area contributed by atoms with Crippen molar-refractivity contribution in [1.29, 1.82) is 0 Å². The Bertz CT molecular complexity index is 1170. The van der Waals surface area contributed by atoms with Crippen molar-refractivity contribution in [2.45, 2.75) is 25.4 Å². The Morgan fingerprint density at radius 1 is 0.714 bits per heavy atom. The molecule has 3 aromatic rings. The second-order valence-electron chi connectivity index (χ2n) is 8.66. The number of nitrogens with zero attached hydrogens (tertiary/aromatic N) is 7. The zero-order valence-electron chi connectivity index (χ0n) is 19.0. The molecule has 7 nitrogen and oxygen atoms in total. The van der Waals surface area contributed by atoms with Gasteiger partial charge >= 0.3 is 6.18 Å². The summed E-state index contributed by atoms with van der Waals surface area (Å²) in [5.74, 6) is 0.914. The lowest BCUT2D eigenvalue weighted by atomic mass is 10.1. The van der Waals surface area contributed by atoms with Crippen LogP contribution < -0.4 is 14.7 Å². The standard InChI is InChI=1S/C24H25F4N7/c25-18-7-4-6-17(16-18)20-30-22(34-10-2-1-3-11-34)32-23(31-20)35-14-12-33(13-15-35)21-19(24(26,27)28)8-5-9-29-21/h4-9,16H,1-3,10-15H2. The molecular weight excluding hydrogens is 462 g/mol. The Kier molecular flexibility index (Phi) is 6.40. The van der Waals surface area contributed by atoms with Crippen molar-refractivity contribution < 1.29 is 17.6 Å². The van der Waals surface area contributed by atoms with Crippen molar-refractivity contribution in [3.05, 3.63) is 54.0 Å². The first-order valence-corrected chi connectivity index (χ1v) is 11.7. The monoisotopic (exact) mass is 487 g/mol. The largest absolute Gasteiger partial charge is 0.419 e. The van der Waals surface area contributed by atoms with E-state index in [0.717, 1.165) is 38.4 Å². The number of hydrogen-bond donors (Lipinski definition) is 0. The third kappa shape index (κ3) is 5.13. The molecule has 35 heavy (non-hydrogen) atoms. The second kappa shape index (κ2) is 9.63. The molecule has 0 bridgehead atoms. The molecule has 2 saturated heterocycles. The summed E-state index contributed by atoms with van der Waals surface area (Å²) in [5.41, 5.74) is -0.191. The summed E-state index contributed by atoms with van der Waals surface area (Å²) in [6.07, 6.45) is 0.138. The third-order valence-corrected chi connectivity index (χ3v) is 6.29. The lowest BCUT2D eigenvalue weighted by Gasteiger charge is -2.36. The molecule has 0 unspecified atom stereocenters. The van der Waals surface area contributed by atoms with Crippen LogP contribution in [0.2, 0.25) is 0 Å². The Labute approximate surface area is 200 Å². The van der Waals surface area contributed by atoms with Crippen molar-refractivity contribution in [2.75, 3.05) is 54.0 Å². The molecule has 2 aromatic heterocycles. The van der Waals surface area contributed by atoms with E-state index in [2.05, 4.69) is 19.9 Å². The second-order valence-corrected chi connectivity index (χ2v) is 8.66. The Morgan fingerprint density at radius 3 is 2.03 bits per heavy atom. The van der Waals surface area contributed by atoms with Crippen LogP contribution in [0.4, 0.5) is 35.3 Å². The molecule has 0 radical (unpaired) electrons. The third-order valence-electron chi connectivity index (χ3n) is 6.29. The summed E-state index contributed by atoms with van der Waals surface area (Å²) in [7, 11) is 0. The normalized spacial score (nSPS) is 17.1. The first kappa shape index (κ1) is 23.3. The number of benzene rings is 1. The molecule has 184 valence electrons. The van der Waals surface area contributed by atoms with Gasteiger partial charge in [0, 0.05) is 51.0 Å².